The second-order valence-corrected chi connectivity index (χ2v) is 4.31. The molecular formula is C12H13N5O4. The Balaban J connectivity index is 2.14. The average molecular weight is 291 g/mol. The lowest BCUT2D eigenvalue weighted by molar-refractivity contribution is -0.385. The zero-order valence-corrected chi connectivity index (χ0v) is 11.2. The van der Waals surface area contributed by atoms with Crippen LogP contribution in [0.1, 0.15) is 21.7 Å². The van der Waals surface area contributed by atoms with Gasteiger partial charge in [-0.25, -0.2) is 9.78 Å². The summed E-state index contributed by atoms with van der Waals surface area (Å²) in [5, 5.41) is 27.1. The first kappa shape index (κ1) is 14.6. The Bertz CT molecular complexity index is 682. The van der Waals surface area contributed by atoms with E-state index in [0.717, 1.165) is 0 Å². The first-order valence-electron chi connectivity index (χ1n) is 6.04. The van der Waals surface area contributed by atoms with Gasteiger partial charge >= 0.3 is 5.97 Å². The molecule has 1 aromatic carbocycles. The normalized spacial score (nSPS) is 10.5. The van der Waals surface area contributed by atoms with E-state index in [9.17, 15) is 14.9 Å². The number of carboxylic acids is 1. The molecule has 0 saturated heterocycles. The number of carbonyl (C=O) groups is 1. The van der Waals surface area contributed by atoms with E-state index in [0.29, 0.717) is 17.9 Å². The van der Waals surface area contributed by atoms with Gasteiger partial charge in [0.15, 0.2) is 5.82 Å². The van der Waals surface area contributed by atoms with Crippen LogP contribution in [-0.4, -0.2) is 30.8 Å². The lowest BCUT2D eigenvalue weighted by Gasteiger charge is -2.07. The molecule has 0 aliphatic heterocycles. The Labute approximate surface area is 119 Å². The average Bonchev–Trinajstić information content (AvgIpc) is 2.83. The number of hydrogen-bond acceptors (Lipinski definition) is 6. The molecule has 0 unspecified atom stereocenters. The molecule has 0 atom stereocenters. The van der Waals surface area contributed by atoms with Gasteiger partial charge in [-0.3, -0.25) is 14.8 Å². The molecule has 9 nitrogen and oxygen atoms in total. The molecule has 2 aromatic rings. The Morgan fingerprint density at radius 2 is 2.24 bits per heavy atom. The lowest BCUT2D eigenvalue weighted by atomic mass is 10.1. The van der Waals surface area contributed by atoms with E-state index in [1.165, 1.54) is 18.2 Å². The molecule has 2 N–H and O–H groups in total. The third kappa shape index (κ3) is 3.39. The van der Waals surface area contributed by atoms with Gasteiger partial charge in [0.2, 0.25) is 0 Å². The van der Waals surface area contributed by atoms with Crippen molar-refractivity contribution in [1.29, 1.82) is 0 Å². The lowest BCUT2D eigenvalue weighted by Crippen LogP contribution is -2.17. The molecule has 2 rings (SSSR count). The molecule has 0 fully saturated rings. The molecule has 110 valence electrons. The number of nitro benzene ring substituents is 1. The van der Waals surface area contributed by atoms with Gasteiger partial charge < -0.3 is 10.4 Å². The summed E-state index contributed by atoms with van der Waals surface area (Å²) in [5.41, 5.74) is -0.380. The Morgan fingerprint density at radius 1 is 1.48 bits per heavy atom. The molecule has 0 aliphatic carbocycles. The Morgan fingerprint density at radius 3 is 2.81 bits per heavy atom. The first-order valence-corrected chi connectivity index (χ1v) is 6.04. The summed E-state index contributed by atoms with van der Waals surface area (Å²) in [6, 6.07) is 4.17. The summed E-state index contributed by atoms with van der Waals surface area (Å²) in [7, 11) is 1.74. The van der Waals surface area contributed by atoms with Gasteiger partial charge in [0.05, 0.1) is 11.5 Å². The van der Waals surface area contributed by atoms with E-state index in [1.807, 2.05) is 0 Å². The van der Waals surface area contributed by atoms with Crippen LogP contribution in [0.25, 0.3) is 0 Å². The highest BCUT2D eigenvalue weighted by Crippen LogP contribution is 2.22. The number of nitrogens with one attached hydrogen (secondary N) is 1. The molecule has 0 radical (unpaired) electrons. The molecular weight excluding hydrogens is 278 g/mol. The van der Waals surface area contributed by atoms with Gasteiger partial charge in [-0.2, -0.15) is 5.10 Å². The van der Waals surface area contributed by atoms with Gasteiger partial charge in [-0.05, 0) is 5.56 Å². The van der Waals surface area contributed by atoms with E-state index in [2.05, 4.69) is 15.4 Å². The second-order valence-electron chi connectivity index (χ2n) is 4.31. The van der Waals surface area contributed by atoms with Gasteiger partial charge in [-0.1, -0.05) is 12.1 Å². The van der Waals surface area contributed by atoms with Crippen LogP contribution in [0, 0.1) is 10.1 Å². The van der Waals surface area contributed by atoms with Crippen molar-refractivity contribution in [2.45, 2.75) is 13.1 Å². The van der Waals surface area contributed by atoms with Crippen molar-refractivity contribution >= 4 is 11.7 Å². The summed E-state index contributed by atoms with van der Waals surface area (Å²) in [6.45, 7) is 0.504. The monoisotopic (exact) mass is 291 g/mol. The molecule has 0 amide bonds. The van der Waals surface area contributed by atoms with Crippen molar-refractivity contribution in [3.63, 3.8) is 0 Å². The van der Waals surface area contributed by atoms with Crippen LogP contribution in [0.3, 0.4) is 0 Å². The molecule has 1 heterocycles. The predicted octanol–water partition coefficient (Wildman–Crippen LogP) is 0.711. The van der Waals surface area contributed by atoms with Crippen LogP contribution in [0.15, 0.2) is 24.5 Å². The van der Waals surface area contributed by atoms with Crippen molar-refractivity contribution in [2.24, 2.45) is 7.05 Å². The zero-order chi connectivity index (χ0) is 15.4. The topological polar surface area (TPSA) is 123 Å². The molecule has 0 spiro atoms. The van der Waals surface area contributed by atoms with Gasteiger partial charge in [-0.15, -0.1) is 0 Å². The van der Waals surface area contributed by atoms with Gasteiger partial charge in [0.25, 0.3) is 5.69 Å². The number of carboxylic acid groups (broad SMARTS) is 1. The fraction of sp³-hybridized carbons (Fsp3) is 0.250. The van der Waals surface area contributed by atoms with E-state index in [4.69, 9.17) is 5.11 Å². The van der Waals surface area contributed by atoms with Crippen LogP contribution in [-0.2, 0) is 20.1 Å². The minimum absolute atomic E-state index is 0.168. The number of nitrogens with zero attached hydrogens (tertiary/aromatic N) is 4. The number of hydrogen-bond donors (Lipinski definition) is 2. The van der Waals surface area contributed by atoms with E-state index in [1.54, 1.807) is 18.1 Å². The highest BCUT2D eigenvalue weighted by Gasteiger charge is 2.22. The first-order chi connectivity index (χ1) is 9.99. The predicted molar refractivity (Wildman–Crippen MR) is 71.6 cm³/mol. The number of benzene rings is 1. The Kier molecular flexibility index (Phi) is 4.24. The highest BCUT2D eigenvalue weighted by atomic mass is 16.6. The standard InChI is InChI=1S/C12H13N5O4/c1-16-7-14-10(15-16)6-13-5-8-3-2-4-9(17(20)21)11(8)12(18)19/h2-4,7,13H,5-6H2,1H3,(H,18,19). The number of aryl methyl sites for hydroxylation is 1. The van der Waals surface area contributed by atoms with E-state index >= 15 is 0 Å². The quantitative estimate of drug-likeness (QED) is 0.593. The molecule has 9 heteroatoms. The summed E-state index contributed by atoms with van der Waals surface area (Å²) >= 11 is 0. The van der Waals surface area contributed by atoms with Crippen LogP contribution in [0.2, 0.25) is 0 Å². The van der Waals surface area contributed by atoms with Crippen molar-refractivity contribution < 1.29 is 14.8 Å². The van der Waals surface area contributed by atoms with Crippen LogP contribution in [0.4, 0.5) is 5.69 Å². The largest absolute Gasteiger partial charge is 0.477 e. The summed E-state index contributed by atoms with van der Waals surface area (Å²) in [5.74, 6) is -0.769. The van der Waals surface area contributed by atoms with Crippen LogP contribution < -0.4 is 5.32 Å². The SMILES string of the molecule is Cn1cnc(CNCc2cccc([N+](=O)[O-])c2C(=O)O)n1. The summed E-state index contributed by atoms with van der Waals surface area (Å²) in [4.78, 5) is 25.4. The minimum Gasteiger partial charge on any atom is -0.477 e. The third-order valence-corrected chi connectivity index (χ3v) is 2.78. The molecule has 0 aliphatic rings. The van der Waals surface area contributed by atoms with Gasteiger partial charge in [0, 0.05) is 19.7 Å². The maximum absolute atomic E-state index is 11.2. The van der Waals surface area contributed by atoms with Crippen molar-refractivity contribution in [3.8, 4) is 0 Å². The third-order valence-electron chi connectivity index (χ3n) is 2.78. The summed E-state index contributed by atoms with van der Waals surface area (Å²) in [6.07, 6.45) is 1.55. The maximum Gasteiger partial charge on any atom is 0.343 e. The van der Waals surface area contributed by atoms with Gasteiger partial charge in [0.1, 0.15) is 11.9 Å². The highest BCUT2D eigenvalue weighted by molar-refractivity contribution is 5.94. The molecule has 0 saturated carbocycles. The fourth-order valence-electron chi connectivity index (χ4n) is 1.91. The summed E-state index contributed by atoms with van der Waals surface area (Å²) < 4.78 is 1.55. The van der Waals surface area contributed by atoms with Crippen molar-refractivity contribution in [1.82, 2.24) is 20.1 Å². The number of nitro groups is 1. The van der Waals surface area contributed by atoms with Crippen molar-refractivity contribution in [3.05, 3.63) is 51.6 Å². The minimum atomic E-state index is -1.32. The van der Waals surface area contributed by atoms with Crippen LogP contribution in [0.5, 0.6) is 0 Å². The second kappa shape index (κ2) is 6.09. The molecule has 0 bridgehead atoms. The maximum atomic E-state index is 11.2. The molecule has 1 aromatic heterocycles. The van der Waals surface area contributed by atoms with E-state index in [-0.39, 0.29) is 12.1 Å². The Hall–Kier alpha value is -2.81. The zero-order valence-electron chi connectivity index (χ0n) is 11.2. The van der Waals surface area contributed by atoms with E-state index < -0.39 is 16.6 Å². The molecule has 21 heavy (non-hydrogen) atoms. The van der Waals surface area contributed by atoms with Crippen molar-refractivity contribution in [2.75, 3.05) is 0 Å². The smallest absolute Gasteiger partial charge is 0.343 e. The number of aromatic carboxylic acids is 1. The number of rotatable bonds is 6. The van der Waals surface area contributed by atoms with Crippen LogP contribution >= 0.6 is 0 Å². The number of aromatic nitrogens is 3. The fourth-order valence-corrected chi connectivity index (χ4v) is 1.91.